The molecule has 0 bridgehead atoms. The molecular weight excluding hydrogens is 288 g/mol. The minimum absolute atomic E-state index is 0.146. The molecule has 0 aliphatic carbocycles. The molecule has 2 saturated heterocycles. The highest BCUT2D eigenvalue weighted by molar-refractivity contribution is 5.14. The summed E-state index contributed by atoms with van der Waals surface area (Å²) < 4.78 is 23.1. The van der Waals surface area contributed by atoms with E-state index in [1.54, 1.807) is 13.8 Å². The Morgan fingerprint density at radius 3 is 2.59 bits per heavy atom. The van der Waals surface area contributed by atoms with Crippen LogP contribution in [-0.2, 0) is 25.6 Å². The normalized spacial score (nSPS) is 37.0. The van der Waals surface area contributed by atoms with Gasteiger partial charge in [0.1, 0.15) is 24.9 Å². The van der Waals surface area contributed by atoms with Gasteiger partial charge in [0, 0.05) is 0 Å². The molecule has 2 heterocycles. The van der Waals surface area contributed by atoms with E-state index < -0.39 is 29.9 Å². The minimum atomic E-state index is -1.19. The van der Waals surface area contributed by atoms with Gasteiger partial charge in [0.2, 0.25) is 5.79 Å². The van der Waals surface area contributed by atoms with Gasteiger partial charge in [-0.25, -0.2) is 0 Å². The monoisotopic (exact) mass is 310 g/mol. The van der Waals surface area contributed by atoms with Gasteiger partial charge in [0.15, 0.2) is 5.79 Å². The maximum atomic E-state index is 10.4. The Bertz CT molecular complexity index is 505. The van der Waals surface area contributed by atoms with Gasteiger partial charge in [-0.2, -0.15) is 0 Å². The van der Waals surface area contributed by atoms with Crippen LogP contribution in [0.5, 0.6) is 0 Å². The third-order valence-electron chi connectivity index (χ3n) is 3.97. The largest absolute Gasteiger partial charge is 0.394 e. The Kier molecular flexibility index (Phi) is 4.24. The average Bonchev–Trinajstić information content (AvgIpc) is 2.95. The molecule has 1 unspecified atom stereocenters. The number of benzene rings is 1. The lowest BCUT2D eigenvalue weighted by Gasteiger charge is -2.30. The fraction of sp³-hybridized carbons (Fsp3) is 0.625. The molecular formula is C16H22O6. The van der Waals surface area contributed by atoms with E-state index >= 15 is 0 Å². The van der Waals surface area contributed by atoms with E-state index in [1.165, 1.54) is 0 Å². The van der Waals surface area contributed by atoms with Gasteiger partial charge in [-0.3, -0.25) is 0 Å². The Labute approximate surface area is 129 Å². The minimum Gasteiger partial charge on any atom is -0.394 e. The van der Waals surface area contributed by atoms with Gasteiger partial charge in [-0.1, -0.05) is 30.3 Å². The van der Waals surface area contributed by atoms with E-state index in [0.717, 1.165) is 5.56 Å². The highest BCUT2D eigenvalue weighted by Crippen LogP contribution is 2.43. The summed E-state index contributed by atoms with van der Waals surface area (Å²) >= 11 is 0. The number of aliphatic hydroxyl groups excluding tert-OH is 2. The van der Waals surface area contributed by atoms with Gasteiger partial charge < -0.3 is 29.2 Å². The van der Waals surface area contributed by atoms with E-state index in [-0.39, 0.29) is 13.2 Å². The van der Waals surface area contributed by atoms with Crippen molar-refractivity contribution in [2.75, 3.05) is 13.2 Å². The second-order valence-corrected chi connectivity index (χ2v) is 6.15. The van der Waals surface area contributed by atoms with Crippen LogP contribution in [-0.4, -0.2) is 53.3 Å². The van der Waals surface area contributed by atoms with E-state index in [0.29, 0.717) is 6.61 Å². The molecule has 22 heavy (non-hydrogen) atoms. The molecule has 2 aliphatic rings. The summed E-state index contributed by atoms with van der Waals surface area (Å²) in [7, 11) is 0. The van der Waals surface area contributed by atoms with Crippen LogP contribution in [0.4, 0.5) is 0 Å². The predicted molar refractivity (Wildman–Crippen MR) is 76.8 cm³/mol. The van der Waals surface area contributed by atoms with E-state index in [9.17, 15) is 10.2 Å². The Morgan fingerprint density at radius 2 is 2.00 bits per heavy atom. The lowest BCUT2D eigenvalue weighted by Crippen LogP contribution is -2.48. The van der Waals surface area contributed by atoms with Crippen molar-refractivity contribution in [3.63, 3.8) is 0 Å². The van der Waals surface area contributed by atoms with Crippen molar-refractivity contribution in [2.45, 2.75) is 50.3 Å². The lowest BCUT2D eigenvalue weighted by atomic mass is 10.1. The van der Waals surface area contributed by atoms with Gasteiger partial charge in [0.05, 0.1) is 13.2 Å². The highest BCUT2D eigenvalue weighted by Gasteiger charge is 2.62. The van der Waals surface area contributed by atoms with Crippen LogP contribution in [0.3, 0.4) is 0 Å². The van der Waals surface area contributed by atoms with Crippen LogP contribution in [0.1, 0.15) is 19.4 Å². The first-order valence-electron chi connectivity index (χ1n) is 7.42. The molecule has 2 N–H and O–H groups in total. The topological polar surface area (TPSA) is 77.4 Å². The molecule has 0 radical (unpaired) electrons. The van der Waals surface area contributed by atoms with Gasteiger partial charge >= 0.3 is 0 Å². The molecule has 6 heteroatoms. The van der Waals surface area contributed by atoms with E-state index in [2.05, 4.69) is 0 Å². The van der Waals surface area contributed by atoms with E-state index in [1.807, 2.05) is 30.3 Å². The van der Waals surface area contributed by atoms with Crippen LogP contribution >= 0.6 is 0 Å². The molecule has 2 fully saturated rings. The summed E-state index contributed by atoms with van der Waals surface area (Å²) in [5.41, 5.74) is 0.982. The number of rotatable bonds is 4. The summed E-state index contributed by atoms with van der Waals surface area (Å²) in [4.78, 5) is 0. The Balaban J connectivity index is 1.76. The molecule has 122 valence electrons. The quantitative estimate of drug-likeness (QED) is 0.857. The molecule has 1 spiro atoms. The van der Waals surface area contributed by atoms with Crippen molar-refractivity contribution in [3.05, 3.63) is 35.9 Å². The SMILES string of the molecule is CC1(C)OCC2(O[C@@H](CO)[C@@H](O)[C@@H]2OCc2ccccc2)O1. The summed E-state index contributed by atoms with van der Waals surface area (Å²) in [5.74, 6) is -2.01. The first-order chi connectivity index (χ1) is 10.5. The molecule has 0 saturated carbocycles. The van der Waals surface area contributed by atoms with Crippen LogP contribution < -0.4 is 0 Å². The second kappa shape index (κ2) is 5.88. The lowest BCUT2D eigenvalue weighted by molar-refractivity contribution is -0.277. The van der Waals surface area contributed by atoms with Crippen LogP contribution in [0, 0.1) is 0 Å². The van der Waals surface area contributed by atoms with Gasteiger partial charge in [0.25, 0.3) is 0 Å². The summed E-state index contributed by atoms with van der Waals surface area (Å²) in [6.07, 6.45) is -2.46. The number of ether oxygens (including phenoxy) is 4. The number of hydrogen-bond acceptors (Lipinski definition) is 6. The van der Waals surface area contributed by atoms with Crippen molar-refractivity contribution in [1.29, 1.82) is 0 Å². The molecule has 1 aromatic rings. The average molecular weight is 310 g/mol. The van der Waals surface area contributed by atoms with E-state index in [4.69, 9.17) is 18.9 Å². The first kappa shape index (κ1) is 15.9. The third-order valence-corrected chi connectivity index (χ3v) is 3.97. The second-order valence-electron chi connectivity index (χ2n) is 6.15. The van der Waals surface area contributed by atoms with Crippen molar-refractivity contribution in [1.82, 2.24) is 0 Å². The summed E-state index contributed by atoms with van der Waals surface area (Å²) in [6.45, 7) is 3.70. The van der Waals surface area contributed by atoms with Crippen LogP contribution in [0.15, 0.2) is 30.3 Å². The molecule has 3 rings (SSSR count). The van der Waals surface area contributed by atoms with Crippen molar-refractivity contribution in [3.8, 4) is 0 Å². The fourth-order valence-electron chi connectivity index (χ4n) is 2.93. The summed E-state index contributed by atoms with van der Waals surface area (Å²) in [5, 5.41) is 19.8. The number of aliphatic hydroxyl groups is 2. The maximum absolute atomic E-state index is 10.4. The van der Waals surface area contributed by atoms with Crippen molar-refractivity contribution >= 4 is 0 Å². The van der Waals surface area contributed by atoms with Crippen LogP contribution in [0.2, 0.25) is 0 Å². The van der Waals surface area contributed by atoms with Crippen LogP contribution in [0.25, 0.3) is 0 Å². The Hall–Kier alpha value is -1.02. The fourth-order valence-corrected chi connectivity index (χ4v) is 2.93. The molecule has 0 aromatic heterocycles. The van der Waals surface area contributed by atoms with Gasteiger partial charge in [-0.15, -0.1) is 0 Å². The number of hydrogen-bond donors (Lipinski definition) is 2. The molecule has 0 amide bonds. The third kappa shape index (κ3) is 2.90. The highest BCUT2D eigenvalue weighted by atomic mass is 16.9. The van der Waals surface area contributed by atoms with Crippen molar-refractivity contribution < 1.29 is 29.2 Å². The molecule has 2 aliphatic heterocycles. The molecule has 4 atom stereocenters. The zero-order chi connectivity index (χ0) is 15.8. The first-order valence-corrected chi connectivity index (χ1v) is 7.42. The molecule has 6 nitrogen and oxygen atoms in total. The summed E-state index contributed by atoms with van der Waals surface area (Å²) in [6, 6.07) is 9.65. The standard InChI is InChI=1S/C16H22O6/c1-15(2)20-10-16(22-15)14(13(18)12(8-17)21-16)19-9-11-6-4-3-5-7-11/h3-7,12-14,17-18H,8-10H2,1-2H3/t12-,13+,14-,16?/m0/s1. The predicted octanol–water partition coefficient (Wildman–Crippen LogP) is 0.803. The van der Waals surface area contributed by atoms with Crippen molar-refractivity contribution in [2.24, 2.45) is 0 Å². The maximum Gasteiger partial charge on any atom is 0.224 e. The molecule has 1 aromatic carbocycles. The zero-order valence-corrected chi connectivity index (χ0v) is 12.8. The smallest absolute Gasteiger partial charge is 0.224 e. The zero-order valence-electron chi connectivity index (χ0n) is 12.8. The Morgan fingerprint density at radius 1 is 1.27 bits per heavy atom. The van der Waals surface area contributed by atoms with Gasteiger partial charge in [-0.05, 0) is 19.4 Å².